The lowest BCUT2D eigenvalue weighted by Gasteiger charge is -2.14. The summed E-state index contributed by atoms with van der Waals surface area (Å²) in [5.74, 6) is -0.549. The third kappa shape index (κ3) is 9.73. The monoisotopic (exact) mass is 434 g/mol. The maximum Gasteiger partial charge on any atom is 0.252 e. The minimum absolute atomic E-state index is 0.275. The summed E-state index contributed by atoms with van der Waals surface area (Å²) in [7, 11) is 0. The Labute approximate surface area is 187 Å². The maximum absolute atomic E-state index is 12.1. The fourth-order valence-electron chi connectivity index (χ4n) is 2.34. The molecule has 0 spiro atoms. The van der Waals surface area contributed by atoms with Crippen LogP contribution in [0.15, 0.2) is 83.0 Å². The van der Waals surface area contributed by atoms with Crippen LogP contribution in [0.4, 0.5) is 0 Å². The van der Waals surface area contributed by atoms with Crippen molar-refractivity contribution in [3.8, 4) is 0 Å². The zero-order chi connectivity index (χ0) is 22.3. The second-order valence-electron chi connectivity index (χ2n) is 6.47. The van der Waals surface area contributed by atoms with Crippen molar-refractivity contribution in [1.29, 1.82) is 0 Å². The van der Waals surface area contributed by atoms with Crippen LogP contribution in [0.25, 0.3) is 12.2 Å². The fourth-order valence-corrected chi connectivity index (χ4v) is 3.30. The normalized spacial score (nSPS) is 13.7. The molecule has 0 radical (unpaired) electrons. The lowest BCUT2D eigenvalue weighted by molar-refractivity contribution is -0.120. The third-order valence-corrected chi connectivity index (χ3v) is 5.24. The van der Waals surface area contributed by atoms with E-state index in [0.717, 1.165) is 11.1 Å². The Kier molecular flexibility index (Phi) is 10.5. The van der Waals surface area contributed by atoms with Gasteiger partial charge in [0.05, 0.1) is 10.5 Å². The molecule has 0 saturated carbocycles. The van der Waals surface area contributed by atoms with Crippen LogP contribution >= 0.6 is 11.8 Å². The first-order valence-electron chi connectivity index (χ1n) is 9.81. The number of carbonyl (C=O) groups excluding carboxylic acids is 2. The Balaban J connectivity index is 1.69. The Hall–Kier alpha value is -3.45. The first-order chi connectivity index (χ1) is 15.1. The smallest absolute Gasteiger partial charge is 0.252 e. The molecule has 2 atom stereocenters. The van der Waals surface area contributed by atoms with Gasteiger partial charge in [-0.25, -0.2) is 10.9 Å². The molecule has 0 fully saturated rings. The van der Waals surface area contributed by atoms with Gasteiger partial charge in [-0.15, -0.1) is 11.8 Å². The zero-order valence-corrected chi connectivity index (χ0v) is 18.3. The number of benzene rings is 2. The van der Waals surface area contributed by atoms with Crippen LogP contribution in [0.2, 0.25) is 0 Å². The Morgan fingerprint density at radius 3 is 1.52 bits per heavy atom. The van der Waals surface area contributed by atoms with E-state index >= 15 is 0 Å². The van der Waals surface area contributed by atoms with E-state index in [2.05, 4.69) is 21.1 Å². The van der Waals surface area contributed by atoms with Gasteiger partial charge in [0.2, 0.25) is 0 Å². The number of nitrogens with zero attached hydrogens (tertiary/aromatic N) is 2. The van der Waals surface area contributed by atoms with E-state index in [0.29, 0.717) is 0 Å². The molecule has 6 nitrogen and oxygen atoms in total. The second-order valence-corrected chi connectivity index (χ2v) is 8.15. The van der Waals surface area contributed by atoms with E-state index in [9.17, 15) is 9.59 Å². The van der Waals surface area contributed by atoms with E-state index in [1.807, 2.05) is 72.8 Å². The second kappa shape index (κ2) is 13.7. The van der Waals surface area contributed by atoms with Crippen molar-refractivity contribution >= 4 is 48.2 Å². The molecule has 2 unspecified atom stereocenters. The molecule has 0 bridgehead atoms. The molecular formula is C24H26N4O2S. The highest BCUT2D eigenvalue weighted by Crippen LogP contribution is 2.17. The predicted octanol–water partition coefficient (Wildman–Crippen LogP) is 4.13. The largest absolute Gasteiger partial charge is 0.272 e. The highest BCUT2D eigenvalue weighted by molar-refractivity contribution is 8.01. The third-order valence-electron chi connectivity index (χ3n) is 3.99. The molecule has 0 heterocycles. The lowest BCUT2D eigenvalue weighted by atomic mass is 10.2. The summed E-state index contributed by atoms with van der Waals surface area (Å²) in [6, 6.07) is 19.6. The average molecular weight is 435 g/mol. The number of thioether (sulfide) groups is 1. The van der Waals surface area contributed by atoms with Crippen molar-refractivity contribution in [2.75, 3.05) is 0 Å². The van der Waals surface area contributed by atoms with Crippen LogP contribution in [0.3, 0.4) is 0 Å². The molecule has 31 heavy (non-hydrogen) atoms. The first kappa shape index (κ1) is 23.8. The summed E-state index contributed by atoms with van der Waals surface area (Å²) in [6.07, 6.45) is 10.3. The van der Waals surface area contributed by atoms with E-state index < -0.39 is 10.5 Å². The van der Waals surface area contributed by atoms with Crippen LogP contribution in [-0.2, 0) is 9.59 Å². The number of allylic oxidation sites excluding steroid dienone is 2. The van der Waals surface area contributed by atoms with E-state index in [1.54, 1.807) is 26.0 Å². The Bertz CT molecular complexity index is 863. The summed E-state index contributed by atoms with van der Waals surface area (Å²) < 4.78 is 0. The van der Waals surface area contributed by atoms with Gasteiger partial charge in [-0.05, 0) is 37.1 Å². The molecule has 0 aliphatic heterocycles. The number of carbonyl (C=O) groups is 2. The van der Waals surface area contributed by atoms with Gasteiger partial charge in [0, 0.05) is 12.4 Å². The molecular weight excluding hydrogens is 408 g/mol. The Morgan fingerprint density at radius 1 is 0.742 bits per heavy atom. The first-order valence-corrected chi connectivity index (χ1v) is 10.8. The molecule has 160 valence electrons. The van der Waals surface area contributed by atoms with Crippen LogP contribution in [0, 0.1) is 0 Å². The minimum atomic E-state index is -0.446. The van der Waals surface area contributed by atoms with Crippen molar-refractivity contribution in [3.63, 3.8) is 0 Å². The lowest BCUT2D eigenvalue weighted by Crippen LogP contribution is -2.33. The molecule has 2 rings (SSSR count). The quantitative estimate of drug-likeness (QED) is 0.436. The standard InChI is InChI=1S/C24H26N4O2S/c1-19(23(29)27-25-17-9-15-21-11-5-3-6-12-21)31-20(2)24(30)28-26-18-10-16-22-13-7-4-8-14-22/h3-20H,1-2H3,(H,27,29)(H,28,30)/b15-9+,16-10+,25-17+,26-18+. The van der Waals surface area contributed by atoms with Gasteiger partial charge in [-0.3, -0.25) is 9.59 Å². The van der Waals surface area contributed by atoms with Crippen molar-refractivity contribution in [2.24, 2.45) is 10.2 Å². The van der Waals surface area contributed by atoms with Crippen LogP contribution < -0.4 is 10.9 Å². The van der Waals surface area contributed by atoms with Crippen molar-refractivity contribution < 1.29 is 9.59 Å². The summed E-state index contributed by atoms with van der Waals surface area (Å²) in [5, 5.41) is 6.90. The Morgan fingerprint density at radius 2 is 1.13 bits per heavy atom. The molecule has 0 saturated heterocycles. The molecule has 0 aromatic heterocycles. The van der Waals surface area contributed by atoms with Crippen LogP contribution in [-0.4, -0.2) is 34.7 Å². The number of hydrazone groups is 2. The van der Waals surface area contributed by atoms with Crippen molar-refractivity contribution in [3.05, 3.63) is 83.9 Å². The van der Waals surface area contributed by atoms with Crippen LogP contribution in [0.5, 0.6) is 0 Å². The summed E-state index contributed by atoms with van der Waals surface area (Å²) >= 11 is 1.23. The minimum Gasteiger partial charge on any atom is -0.272 e. The van der Waals surface area contributed by atoms with Gasteiger partial charge < -0.3 is 0 Å². The van der Waals surface area contributed by atoms with Crippen molar-refractivity contribution in [2.45, 2.75) is 24.3 Å². The zero-order valence-electron chi connectivity index (χ0n) is 17.5. The van der Waals surface area contributed by atoms with Gasteiger partial charge in [0.15, 0.2) is 0 Å². The molecule has 7 heteroatoms. The summed E-state index contributed by atoms with van der Waals surface area (Å²) in [6.45, 7) is 3.45. The fraction of sp³-hybridized carbons (Fsp3) is 0.167. The molecule has 2 aromatic carbocycles. The van der Waals surface area contributed by atoms with E-state index in [4.69, 9.17) is 0 Å². The predicted molar refractivity (Wildman–Crippen MR) is 131 cm³/mol. The van der Waals surface area contributed by atoms with E-state index in [1.165, 1.54) is 24.2 Å². The van der Waals surface area contributed by atoms with E-state index in [-0.39, 0.29) is 11.8 Å². The SMILES string of the molecule is CC(SC(C)C(=O)N/N=C/C=C/c1ccccc1)C(=O)N/N=C/C=C/c1ccccc1. The number of hydrogen-bond donors (Lipinski definition) is 2. The van der Waals surface area contributed by atoms with Gasteiger partial charge >= 0.3 is 0 Å². The summed E-state index contributed by atoms with van der Waals surface area (Å²) in [5.41, 5.74) is 7.04. The molecule has 2 N–H and O–H groups in total. The highest BCUT2D eigenvalue weighted by Gasteiger charge is 2.21. The van der Waals surface area contributed by atoms with Gasteiger partial charge in [0.1, 0.15) is 0 Å². The number of rotatable bonds is 10. The number of amides is 2. The maximum atomic E-state index is 12.1. The topological polar surface area (TPSA) is 82.9 Å². The average Bonchev–Trinajstić information content (AvgIpc) is 2.79. The number of hydrogen-bond acceptors (Lipinski definition) is 5. The van der Waals surface area contributed by atoms with Crippen LogP contribution in [0.1, 0.15) is 25.0 Å². The van der Waals surface area contributed by atoms with Gasteiger partial charge in [-0.1, -0.05) is 72.8 Å². The molecule has 2 aromatic rings. The number of nitrogens with one attached hydrogen (secondary N) is 2. The molecule has 0 aliphatic rings. The summed E-state index contributed by atoms with van der Waals surface area (Å²) in [4.78, 5) is 24.3. The highest BCUT2D eigenvalue weighted by atomic mass is 32.2. The molecule has 2 amide bonds. The van der Waals surface area contributed by atoms with Gasteiger partial charge in [0.25, 0.3) is 11.8 Å². The molecule has 0 aliphatic carbocycles. The van der Waals surface area contributed by atoms with Gasteiger partial charge in [-0.2, -0.15) is 10.2 Å². The van der Waals surface area contributed by atoms with Crippen molar-refractivity contribution in [1.82, 2.24) is 10.9 Å².